The largest absolute Gasteiger partial charge is 0.426 e. The van der Waals surface area contributed by atoms with Crippen molar-refractivity contribution in [3.63, 3.8) is 0 Å². The number of esters is 1. The Hall–Kier alpha value is -3.00. The topological polar surface area (TPSA) is 96.9 Å². The Balaban J connectivity index is 2.03. The number of hydrazone groups is 1. The number of hydrogen-bond acceptors (Lipinski definition) is 5. The van der Waals surface area contributed by atoms with E-state index in [0.717, 1.165) is 4.47 Å². The van der Waals surface area contributed by atoms with Crippen LogP contribution >= 0.6 is 15.9 Å². The first kappa shape index (κ1) is 22.3. The van der Waals surface area contributed by atoms with Crippen LogP contribution in [0.3, 0.4) is 0 Å². The second-order valence-electron chi connectivity index (χ2n) is 7.26. The van der Waals surface area contributed by atoms with Gasteiger partial charge in [0, 0.05) is 33.6 Å². The molecule has 29 heavy (non-hydrogen) atoms. The second-order valence-corrected chi connectivity index (χ2v) is 8.17. The molecule has 0 spiro atoms. The van der Waals surface area contributed by atoms with Gasteiger partial charge in [-0.3, -0.25) is 14.4 Å². The second kappa shape index (κ2) is 9.47. The number of rotatable bonds is 5. The van der Waals surface area contributed by atoms with Crippen LogP contribution in [-0.4, -0.2) is 24.0 Å². The van der Waals surface area contributed by atoms with Crippen LogP contribution in [0.5, 0.6) is 5.75 Å². The van der Waals surface area contributed by atoms with E-state index in [9.17, 15) is 14.4 Å². The van der Waals surface area contributed by atoms with Crippen molar-refractivity contribution in [1.29, 1.82) is 0 Å². The molecule has 2 aromatic carbocycles. The summed E-state index contributed by atoms with van der Waals surface area (Å²) in [4.78, 5) is 35.4. The van der Waals surface area contributed by atoms with Crippen LogP contribution in [-0.2, 0) is 9.59 Å². The van der Waals surface area contributed by atoms with Gasteiger partial charge in [-0.2, -0.15) is 5.10 Å². The molecule has 2 aromatic rings. The third-order valence-corrected chi connectivity index (χ3v) is 4.17. The minimum atomic E-state index is -0.512. The fourth-order valence-electron chi connectivity index (χ4n) is 2.12. The summed E-state index contributed by atoms with van der Waals surface area (Å²) >= 11 is 3.34. The van der Waals surface area contributed by atoms with Crippen molar-refractivity contribution in [2.24, 2.45) is 10.5 Å². The lowest BCUT2D eigenvalue weighted by Crippen LogP contribution is -2.27. The molecule has 0 bridgehead atoms. The van der Waals surface area contributed by atoms with Crippen molar-refractivity contribution >= 4 is 45.6 Å². The van der Waals surface area contributed by atoms with Gasteiger partial charge in [-0.25, -0.2) is 5.43 Å². The van der Waals surface area contributed by atoms with Gasteiger partial charge in [0.15, 0.2) is 0 Å². The lowest BCUT2D eigenvalue weighted by molar-refractivity contribution is -0.131. The number of halogens is 1. The Morgan fingerprint density at radius 2 is 1.72 bits per heavy atom. The normalized spacial score (nSPS) is 11.2. The number of anilines is 1. The van der Waals surface area contributed by atoms with Crippen LogP contribution in [0.1, 0.15) is 43.6 Å². The molecule has 0 atom stereocenters. The molecule has 0 saturated carbocycles. The van der Waals surface area contributed by atoms with E-state index in [1.54, 1.807) is 42.5 Å². The molecule has 0 saturated heterocycles. The molecule has 0 aliphatic rings. The quantitative estimate of drug-likeness (QED) is 0.304. The van der Waals surface area contributed by atoms with Gasteiger partial charge >= 0.3 is 5.97 Å². The number of hydrogen-bond donors (Lipinski definition) is 2. The lowest BCUT2D eigenvalue weighted by Gasteiger charge is -2.17. The van der Waals surface area contributed by atoms with Crippen LogP contribution in [0.2, 0.25) is 0 Å². The molecule has 7 nitrogen and oxygen atoms in total. The number of ether oxygens (including phenoxy) is 1. The molecule has 2 rings (SSSR count). The highest BCUT2D eigenvalue weighted by atomic mass is 79.9. The molecule has 0 aliphatic heterocycles. The minimum absolute atomic E-state index is 0.114. The fourth-order valence-corrected chi connectivity index (χ4v) is 2.50. The fraction of sp³-hybridized carbons (Fsp3) is 0.238. The summed E-state index contributed by atoms with van der Waals surface area (Å²) in [7, 11) is 0. The van der Waals surface area contributed by atoms with Crippen LogP contribution in [0, 0.1) is 5.41 Å². The van der Waals surface area contributed by atoms with E-state index in [2.05, 4.69) is 31.8 Å². The number of benzene rings is 2. The standard InChI is InChI=1S/C21H22BrN3O4/c1-13(26)29-18-10-7-16(22)11-15(18)12-23-25-19(27)14-5-8-17(9-6-14)24-20(28)21(2,3)4/h5-12H,1-4H3,(H,24,28)(H,25,27)/b23-12+. The van der Waals surface area contributed by atoms with Crippen LogP contribution in [0.25, 0.3) is 0 Å². The first-order valence-corrected chi connectivity index (χ1v) is 9.58. The summed E-state index contributed by atoms with van der Waals surface area (Å²) in [5, 5.41) is 6.72. The van der Waals surface area contributed by atoms with Gasteiger partial charge in [0.05, 0.1) is 6.21 Å². The highest BCUT2D eigenvalue weighted by molar-refractivity contribution is 9.10. The molecular formula is C21H22BrN3O4. The third-order valence-electron chi connectivity index (χ3n) is 3.68. The summed E-state index contributed by atoms with van der Waals surface area (Å²) in [6.45, 7) is 6.76. The van der Waals surface area contributed by atoms with Gasteiger partial charge < -0.3 is 10.1 Å². The summed E-state index contributed by atoms with van der Waals surface area (Å²) < 4.78 is 5.89. The molecular weight excluding hydrogens is 438 g/mol. The van der Waals surface area contributed by atoms with Crippen molar-refractivity contribution in [1.82, 2.24) is 5.43 Å². The number of nitrogens with one attached hydrogen (secondary N) is 2. The van der Waals surface area contributed by atoms with E-state index < -0.39 is 17.3 Å². The van der Waals surface area contributed by atoms with Crippen molar-refractivity contribution in [2.45, 2.75) is 27.7 Å². The SMILES string of the molecule is CC(=O)Oc1ccc(Br)cc1/C=N/NC(=O)c1ccc(NC(=O)C(C)(C)C)cc1. The molecule has 152 valence electrons. The maximum absolute atomic E-state index is 12.3. The van der Waals surface area contributed by atoms with Gasteiger partial charge in [0.1, 0.15) is 5.75 Å². The molecule has 0 heterocycles. The van der Waals surface area contributed by atoms with Crippen LogP contribution in [0.15, 0.2) is 52.0 Å². The Morgan fingerprint density at radius 1 is 1.07 bits per heavy atom. The molecule has 0 aliphatic carbocycles. The van der Waals surface area contributed by atoms with E-state index in [1.807, 2.05) is 20.8 Å². The average molecular weight is 460 g/mol. The zero-order chi connectivity index (χ0) is 21.6. The maximum atomic E-state index is 12.3. The Labute approximate surface area is 177 Å². The monoisotopic (exact) mass is 459 g/mol. The predicted molar refractivity (Wildman–Crippen MR) is 115 cm³/mol. The number of nitrogens with zero attached hydrogens (tertiary/aromatic N) is 1. The van der Waals surface area contributed by atoms with E-state index in [4.69, 9.17) is 4.74 Å². The predicted octanol–water partition coefficient (Wildman–Crippen LogP) is 4.12. The number of carbonyl (C=O) groups excluding carboxylic acids is 3. The summed E-state index contributed by atoms with van der Waals surface area (Å²) in [5.41, 5.74) is 3.41. The Kier molecular flexibility index (Phi) is 7.28. The van der Waals surface area contributed by atoms with Gasteiger partial charge in [-0.1, -0.05) is 36.7 Å². The Morgan fingerprint density at radius 3 is 2.31 bits per heavy atom. The van der Waals surface area contributed by atoms with Crippen LogP contribution in [0.4, 0.5) is 5.69 Å². The molecule has 2 amide bonds. The summed E-state index contributed by atoms with van der Waals surface area (Å²) in [5.74, 6) is -0.654. The highest BCUT2D eigenvalue weighted by Gasteiger charge is 2.21. The van der Waals surface area contributed by atoms with Crippen molar-refractivity contribution in [3.05, 3.63) is 58.1 Å². The van der Waals surface area contributed by atoms with Crippen molar-refractivity contribution in [2.75, 3.05) is 5.32 Å². The van der Waals surface area contributed by atoms with E-state index in [0.29, 0.717) is 22.6 Å². The maximum Gasteiger partial charge on any atom is 0.308 e. The average Bonchev–Trinajstić information content (AvgIpc) is 2.63. The van der Waals surface area contributed by atoms with Crippen molar-refractivity contribution < 1.29 is 19.1 Å². The first-order valence-electron chi connectivity index (χ1n) is 8.79. The molecule has 2 N–H and O–H groups in total. The van der Waals surface area contributed by atoms with E-state index >= 15 is 0 Å². The zero-order valence-electron chi connectivity index (χ0n) is 16.6. The molecule has 8 heteroatoms. The molecule has 0 aromatic heterocycles. The summed E-state index contributed by atoms with van der Waals surface area (Å²) in [6, 6.07) is 11.5. The minimum Gasteiger partial charge on any atom is -0.426 e. The summed E-state index contributed by atoms with van der Waals surface area (Å²) in [6.07, 6.45) is 1.39. The van der Waals surface area contributed by atoms with Crippen LogP contribution < -0.4 is 15.5 Å². The van der Waals surface area contributed by atoms with Gasteiger partial charge in [-0.05, 0) is 42.5 Å². The number of amides is 2. The zero-order valence-corrected chi connectivity index (χ0v) is 18.2. The smallest absolute Gasteiger partial charge is 0.308 e. The highest BCUT2D eigenvalue weighted by Crippen LogP contribution is 2.22. The number of carbonyl (C=O) groups is 3. The molecule has 0 fully saturated rings. The first-order chi connectivity index (χ1) is 13.6. The Bertz CT molecular complexity index is 947. The van der Waals surface area contributed by atoms with Gasteiger partial charge in [0.2, 0.25) is 5.91 Å². The van der Waals surface area contributed by atoms with Crippen molar-refractivity contribution in [3.8, 4) is 5.75 Å². The van der Waals surface area contributed by atoms with E-state index in [-0.39, 0.29) is 5.91 Å². The lowest BCUT2D eigenvalue weighted by atomic mass is 9.95. The van der Waals surface area contributed by atoms with Gasteiger partial charge in [0.25, 0.3) is 5.91 Å². The molecule has 0 unspecified atom stereocenters. The third kappa shape index (κ3) is 6.83. The van der Waals surface area contributed by atoms with Gasteiger partial charge in [-0.15, -0.1) is 0 Å². The molecule has 0 radical (unpaired) electrons. The van der Waals surface area contributed by atoms with E-state index in [1.165, 1.54) is 13.1 Å².